The number of unbranched alkanes of at least 4 members (excludes halogenated alkanes) is 4. The largest absolute Gasteiger partial charge is 0.340 e. The highest BCUT2D eigenvalue weighted by Crippen LogP contribution is 1.99. The summed E-state index contributed by atoms with van der Waals surface area (Å²) in [7, 11) is 1.56. The van der Waals surface area contributed by atoms with Gasteiger partial charge in [-0.1, -0.05) is 26.2 Å². The van der Waals surface area contributed by atoms with Gasteiger partial charge in [-0.15, -0.1) is 0 Å². The topological polar surface area (TPSA) is 53.5 Å². The third-order valence-corrected chi connectivity index (χ3v) is 1.67. The van der Waals surface area contributed by atoms with Gasteiger partial charge in [0.05, 0.1) is 0 Å². The lowest BCUT2D eigenvalue weighted by Gasteiger charge is -1.96. The molecule has 0 saturated carbocycles. The van der Waals surface area contributed by atoms with Crippen LogP contribution in [0.15, 0.2) is 5.10 Å². The number of carbonyl (C=O) groups is 1. The van der Waals surface area contributed by atoms with Gasteiger partial charge in [0.15, 0.2) is 0 Å². The van der Waals surface area contributed by atoms with Crippen LogP contribution >= 0.6 is 0 Å². The molecule has 0 aromatic heterocycles. The summed E-state index contributed by atoms with van der Waals surface area (Å²) >= 11 is 0. The van der Waals surface area contributed by atoms with Gasteiger partial charge in [-0.25, -0.2) is 10.2 Å². The zero-order chi connectivity index (χ0) is 9.94. The van der Waals surface area contributed by atoms with Crippen molar-refractivity contribution >= 4 is 12.2 Å². The highest BCUT2D eigenvalue weighted by Gasteiger charge is 1.89. The van der Waals surface area contributed by atoms with Gasteiger partial charge in [0, 0.05) is 13.3 Å². The van der Waals surface area contributed by atoms with Crippen LogP contribution in [-0.2, 0) is 0 Å². The molecule has 0 spiro atoms. The number of urea groups is 1. The SMILES string of the molecule is CCCCCC/C=N/NC(=O)NC. The van der Waals surface area contributed by atoms with E-state index in [4.69, 9.17) is 0 Å². The fourth-order valence-corrected chi connectivity index (χ4v) is 0.887. The molecule has 0 heterocycles. The molecule has 4 heteroatoms. The molecule has 0 aromatic carbocycles. The van der Waals surface area contributed by atoms with Crippen LogP contribution < -0.4 is 10.7 Å². The molecular weight excluding hydrogens is 166 g/mol. The lowest BCUT2D eigenvalue weighted by molar-refractivity contribution is 0.243. The van der Waals surface area contributed by atoms with E-state index in [2.05, 4.69) is 22.8 Å². The zero-order valence-electron chi connectivity index (χ0n) is 8.47. The number of hydrazone groups is 1. The normalized spacial score (nSPS) is 10.3. The van der Waals surface area contributed by atoms with Crippen molar-refractivity contribution in [2.75, 3.05) is 7.05 Å². The fourth-order valence-electron chi connectivity index (χ4n) is 0.887. The van der Waals surface area contributed by atoms with E-state index in [1.165, 1.54) is 19.3 Å². The summed E-state index contributed by atoms with van der Waals surface area (Å²) in [4.78, 5) is 10.6. The molecule has 0 bridgehead atoms. The van der Waals surface area contributed by atoms with Crippen molar-refractivity contribution in [3.63, 3.8) is 0 Å². The Labute approximate surface area is 79.8 Å². The Kier molecular flexibility index (Phi) is 8.30. The molecule has 76 valence electrons. The third-order valence-electron chi connectivity index (χ3n) is 1.67. The molecule has 0 aromatic rings. The van der Waals surface area contributed by atoms with Crippen LogP contribution in [0.1, 0.15) is 39.0 Å². The predicted octanol–water partition coefficient (Wildman–Crippen LogP) is 1.87. The first-order valence-electron chi connectivity index (χ1n) is 4.80. The lowest BCUT2D eigenvalue weighted by atomic mass is 10.2. The third kappa shape index (κ3) is 8.85. The standard InChI is InChI=1S/C9H19N3O/c1-3-4-5-6-7-8-11-12-9(13)10-2/h8H,3-7H2,1-2H3,(H2,10,12,13)/b11-8+. The first-order valence-corrected chi connectivity index (χ1v) is 4.80. The number of rotatable bonds is 6. The van der Waals surface area contributed by atoms with E-state index in [9.17, 15) is 4.79 Å². The lowest BCUT2D eigenvalue weighted by Crippen LogP contribution is -2.28. The minimum Gasteiger partial charge on any atom is -0.340 e. The van der Waals surface area contributed by atoms with Crippen LogP contribution in [0.25, 0.3) is 0 Å². The molecule has 2 amide bonds. The minimum absolute atomic E-state index is 0.273. The van der Waals surface area contributed by atoms with Crippen LogP contribution in [0.4, 0.5) is 4.79 Å². The number of nitrogens with one attached hydrogen (secondary N) is 2. The maximum absolute atomic E-state index is 10.6. The van der Waals surface area contributed by atoms with Crippen molar-refractivity contribution in [3.8, 4) is 0 Å². The Bertz CT molecular complexity index is 157. The molecule has 0 fully saturated rings. The van der Waals surface area contributed by atoms with E-state index in [1.807, 2.05) is 0 Å². The number of amides is 2. The maximum Gasteiger partial charge on any atom is 0.334 e. The average Bonchev–Trinajstić information content (AvgIpc) is 2.16. The van der Waals surface area contributed by atoms with E-state index in [1.54, 1.807) is 13.3 Å². The molecule has 2 N–H and O–H groups in total. The Balaban J connectivity index is 3.17. The smallest absolute Gasteiger partial charge is 0.334 e. The Hall–Kier alpha value is -1.06. The number of nitrogens with zero attached hydrogens (tertiary/aromatic N) is 1. The van der Waals surface area contributed by atoms with Gasteiger partial charge >= 0.3 is 6.03 Å². The van der Waals surface area contributed by atoms with Gasteiger partial charge in [-0.3, -0.25) is 0 Å². The van der Waals surface area contributed by atoms with E-state index in [0.29, 0.717) is 0 Å². The molecule has 0 aliphatic rings. The Morgan fingerprint density at radius 2 is 2.15 bits per heavy atom. The molecule has 0 saturated heterocycles. The van der Waals surface area contributed by atoms with Crippen molar-refractivity contribution in [2.24, 2.45) is 5.10 Å². The highest BCUT2D eigenvalue weighted by molar-refractivity contribution is 5.74. The summed E-state index contributed by atoms with van der Waals surface area (Å²) in [6.07, 6.45) is 7.58. The predicted molar refractivity (Wildman–Crippen MR) is 54.8 cm³/mol. The molecule has 0 aliphatic heterocycles. The van der Waals surface area contributed by atoms with Crippen LogP contribution in [0.3, 0.4) is 0 Å². The zero-order valence-corrected chi connectivity index (χ0v) is 8.47. The van der Waals surface area contributed by atoms with Gasteiger partial charge in [0.2, 0.25) is 0 Å². The van der Waals surface area contributed by atoms with E-state index >= 15 is 0 Å². The van der Waals surface area contributed by atoms with Gasteiger partial charge in [0.25, 0.3) is 0 Å². The van der Waals surface area contributed by atoms with Crippen molar-refractivity contribution in [2.45, 2.75) is 39.0 Å². The number of hydrogen-bond donors (Lipinski definition) is 2. The van der Waals surface area contributed by atoms with Crippen LogP contribution in [0.5, 0.6) is 0 Å². The van der Waals surface area contributed by atoms with Gasteiger partial charge < -0.3 is 5.32 Å². The van der Waals surface area contributed by atoms with Gasteiger partial charge in [-0.2, -0.15) is 5.10 Å². The van der Waals surface area contributed by atoms with Crippen molar-refractivity contribution in [1.29, 1.82) is 0 Å². The van der Waals surface area contributed by atoms with Crippen molar-refractivity contribution in [1.82, 2.24) is 10.7 Å². The summed E-state index contributed by atoms with van der Waals surface area (Å²) in [6.45, 7) is 2.18. The van der Waals surface area contributed by atoms with Gasteiger partial charge in [-0.05, 0) is 12.8 Å². The molecule has 4 nitrogen and oxygen atoms in total. The molecule has 0 unspecified atom stereocenters. The summed E-state index contributed by atoms with van der Waals surface area (Å²) in [5.41, 5.74) is 2.34. The quantitative estimate of drug-likeness (QED) is 0.370. The molecule has 0 rings (SSSR count). The molecule has 13 heavy (non-hydrogen) atoms. The van der Waals surface area contributed by atoms with Crippen molar-refractivity contribution in [3.05, 3.63) is 0 Å². The molecule has 0 radical (unpaired) electrons. The molecule has 0 aliphatic carbocycles. The average molecular weight is 185 g/mol. The second-order valence-electron chi connectivity index (χ2n) is 2.85. The van der Waals surface area contributed by atoms with Gasteiger partial charge in [0.1, 0.15) is 0 Å². The number of carbonyl (C=O) groups excluding carboxylic acids is 1. The van der Waals surface area contributed by atoms with E-state index in [0.717, 1.165) is 12.8 Å². The number of hydrogen-bond acceptors (Lipinski definition) is 2. The van der Waals surface area contributed by atoms with Crippen molar-refractivity contribution < 1.29 is 4.79 Å². The fraction of sp³-hybridized carbons (Fsp3) is 0.778. The summed E-state index contributed by atoms with van der Waals surface area (Å²) in [6, 6.07) is -0.273. The second kappa shape index (κ2) is 9.03. The summed E-state index contributed by atoms with van der Waals surface area (Å²) in [5.74, 6) is 0. The Morgan fingerprint density at radius 3 is 2.77 bits per heavy atom. The van der Waals surface area contributed by atoms with Crippen LogP contribution in [0.2, 0.25) is 0 Å². The van der Waals surface area contributed by atoms with E-state index in [-0.39, 0.29) is 6.03 Å². The highest BCUT2D eigenvalue weighted by atomic mass is 16.2. The van der Waals surface area contributed by atoms with Crippen LogP contribution in [0, 0.1) is 0 Å². The summed E-state index contributed by atoms with van der Waals surface area (Å²) in [5, 5.41) is 6.17. The monoisotopic (exact) mass is 185 g/mol. The minimum atomic E-state index is -0.273. The maximum atomic E-state index is 10.6. The van der Waals surface area contributed by atoms with Crippen LogP contribution in [-0.4, -0.2) is 19.3 Å². The summed E-state index contributed by atoms with van der Waals surface area (Å²) < 4.78 is 0. The molecule has 0 atom stereocenters. The first kappa shape index (κ1) is 11.9. The second-order valence-corrected chi connectivity index (χ2v) is 2.85. The van der Waals surface area contributed by atoms with E-state index < -0.39 is 0 Å². The molecular formula is C9H19N3O. The Morgan fingerprint density at radius 1 is 1.38 bits per heavy atom. The first-order chi connectivity index (χ1) is 6.31.